The van der Waals surface area contributed by atoms with Crippen molar-refractivity contribution in [2.75, 3.05) is 6.61 Å². The lowest BCUT2D eigenvalue weighted by Crippen LogP contribution is -2.29. The molecule has 1 N–H and O–H groups in total. The maximum absolute atomic E-state index is 11.1. The SMILES string of the molecule is CCCCCCCCC=CCCCCCCC[C@@H](CC(=O)O)OC1CCCCO1. The molecular weight excluding hydrogens is 364 g/mol. The normalized spacial score (nSPS) is 18.3. The Hall–Kier alpha value is -0.870. The van der Waals surface area contributed by atoms with Gasteiger partial charge in [0.05, 0.1) is 12.5 Å². The van der Waals surface area contributed by atoms with Crippen molar-refractivity contribution in [2.45, 2.75) is 135 Å². The molecule has 170 valence electrons. The van der Waals surface area contributed by atoms with Gasteiger partial charge in [-0.3, -0.25) is 4.79 Å². The molecule has 1 rings (SSSR count). The van der Waals surface area contributed by atoms with Crippen LogP contribution in [0, 0.1) is 0 Å². The first-order valence-corrected chi connectivity index (χ1v) is 12.4. The Morgan fingerprint density at radius 2 is 1.59 bits per heavy atom. The Morgan fingerprint density at radius 3 is 2.17 bits per heavy atom. The molecule has 0 radical (unpaired) electrons. The fraction of sp³-hybridized carbons (Fsp3) is 0.880. The van der Waals surface area contributed by atoms with Crippen molar-refractivity contribution in [1.82, 2.24) is 0 Å². The molecule has 1 aliphatic heterocycles. The zero-order valence-electron chi connectivity index (χ0n) is 18.9. The van der Waals surface area contributed by atoms with E-state index in [1.807, 2.05) is 0 Å². The quantitative estimate of drug-likeness (QED) is 0.178. The number of unbranched alkanes of at least 4 members (excludes halogenated alkanes) is 11. The fourth-order valence-corrected chi connectivity index (χ4v) is 3.89. The van der Waals surface area contributed by atoms with Crippen molar-refractivity contribution in [1.29, 1.82) is 0 Å². The maximum Gasteiger partial charge on any atom is 0.305 e. The third-order valence-electron chi connectivity index (χ3n) is 5.67. The van der Waals surface area contributed by atoms with Gasteiger partial charge >= 0.3 is 5.97 Å². The van der Waals surface area contributed by atoms with Gasteiger partial charge in [-0.15, -0.1) is 0 Å². The average Bonchev–Trinajstić information content (AvgIpc) is 2.71. The molecule has 0 bridgehead atoms. The molecule has 29 heavy (non-hydrogen) atoms. The van der Waals surface area contributed by atoms with E-state index in [2.05, 4.69) is 19.1 Å². The summed E-state index contributed by atoms with van der Waals surface area (Å²) in [5.41, 5.74) is 0. The standard InChI is InChI=1S/C25H46O4/c1-2-3-4-5-6-7-8-9-10-11-12-13-14-15-16-19-23(22-24(26)27)29-25-20-17-18-21-28-25/h9-10,23,25H,2-8,11-22H2,1H3,(H,26,27)/t23-,25?/m0/s1. The van der Waals surface area contributed by atoms with E-state index < -0.39 is 5.97 Å². The Morgan fingerprint density at radius 1 is 0.966 bits per heavy atom. The predicted octanol–water partition coefficient (Wildman–Crippen LogP) is 7.41. The van der Waals surface area contributed by atoms with Crippen molar-refractivity contribution in [3.8, 4) is 0 Å². The van der Waals surface area contributed by atoms with Crippen molar-refractivity contribution in [2.24, 2.45) is 0 Å². The van der Waals surface area contributed by atoms with Gasteiger partial charge in [0.25, 0.3) is 0 Å². The molecule has 1 heterocycles. The largest absolute Gasteiger partial charge is 0.481 e. The first kappa shape index (κ1) is 26.2. The van der Waals surface area contributed by atoms with Crippen LogP contribution in [0.1, 0.15) is 122 Å². The number of aliphatic carboxylic acids is 1. The van der Waals surface area contributed by atoms with Crippen molar-refractivity contribution in [3.63, 3.8) is 0 Å². The highest BCUT2D eigenvalue weighted by atomic mass is 16.7. The number of hydrogen-bond acceptors (Lipinski definition) is 3. The molecule has 2 atom stereocenters. The summed E-state index contributed by atoms with van der Waals surface area (Å²) in [6, 6.07) is 0. The Bertz CT molecular complexity index is 402. The van der Waals surface area contributed by atoms with Crippen LogP contribution in [0.2, 0.25) is 0 Å². The minimum atomic E-state index is -0.779. The lowest BCUT2D eigenvalue weighted by atomic mass is 10.0. The highest BCUT2D eigenvalue weighted by Crippen LogP contribution is 2.20. The Labute approximate surface area is 179 Å². The van der Waals surface area contributed by atoms with E-state index in [0.29, 0.717) is 0 Å². The molecule has 0 saturated carbocycles. The predicted molar refractivity (Wildman–Crippen MR) is 120 cm³/mol. The lowest BCUT2D eigenvalue weighted by Gasteiger charge is -2.27. The molecule has 1 fully saturated rings. The smallest absolute Gasteiger partial charge is 0.305 e. The van der Waals surface area contributed by atoms with E-state index in [0.717, 1.165) is 45.1 Å². The van der Waals surface area contributed by atoms with Gasteiger partial charge in [-0.1, -0.05) is 76.9 Å². The van der Waals surface area contributed by atoms with Crippen LogP contribution in [0.3, 0.4) is 0 Å². The van der Waals surface area contributed by atoms with E-state index in [1.54, 1.807) is 0 Å². The summed E-state index contributed by atoms with van der Waals surface area (Å²) in [4.78, 5) is 11.1. The third kappa shape index (κ3) is 16.6. The van der Waals surface area contributed by atoms with Gasteiger partial charge in [0.2, 0.25) is 0 Å². The van der Waals surface area contributed by atoms with E-state index in [1.165, 1.54) is 70.6 Å². The molecule has 0 amide bonds. The van der Waals surface area contributed by atoms with Crippen LogP contribution in [0.15, 0.2) is 12.2 Å². The number of hydrogen-bond donors (Lipinski definition) is 1. The molecule has 0 aliphatic carbocycles. The molecule has 0 aromatic rings. The summed E-state index contributed by atoms with van der Waals surface area (Å²) in [5, 5.41) is 9.11. The summed E-state index contributed by atoms with van der Waals surface area (Å²) < 4.78 is 11.5. The molecule has 0 spiro atoms. The monoisotopic (exact) mass is 410 g/mol. The molecular formula is C25H46O4. The highest BCUT2D eigenvalue weighted by molar-refractivity contribution is 5.67. The van der Waals surface area contributed by atoms with Crippen LogP contribution in [0.5, 0.6) is 0 Å². The van der Waals surface area contributed by atoms with E-state index in [4.69, 9.17) is 14.6 Å². The highest BCUT2D eigenvalue weighted by Gasteiger charge is 2.21. The molecule has 1 saturated heterocycles. The second-order valence-electron chi connectivity index (χ2n) is 8.53. The zero-order chi connectivity index (χ0) is 21.0. The topological polar surface area (TPSA) is 55.8 Å². The first-order chi connectivity index (χ1) is 14.2. The molecule has 0 aromatic carbocycles. The summed E-state index contributed by atoms with van der Waals surface area (Å²) in [7, 11) is 0. The fourth-order valence-electron chi connectivity index (χ4n) is 3.89. The Kier molecular flexibility index (Phi) is 17.2. The zero-order valence-corrected chi connectivity index (χ0v) is 18.9. The lowest BCUT2D eigenvalue weighted by molar-refractivity contribution is -0.193. The number of carboxylic acids is 1. The summed E-state index contributed by atoms with van der Waals surface area (Å²) >= 11 is 0. The minimum Gasteiger partial charge on any atom is -0.481 e. The van der Waals surface area contributed by atoms with Crippen LogP contribution >= 0.6 is 0 Å². The molecule has 4 heteroatoms. The van der Waals surface area contributed by atoms with Crippen molar-refractivity contribution in [3.05, 3.63) is 12.2 Å². The molecule has 4 nitrogen and oxygen atoms in total. The van der Waals surface area contributed by atoms with E-state index in [-0.39, 0.29) is 18.8 Å². The second-order valence-corrected chi connectivity index (χ2v) is 8.53. The number of rotatable bonds is 19. The number of carboxylic acid groups (broad SMARTS) is 1. The van der Waals surface area contributed by atoms with E-state index >= 15 is 0 Å². The molecule has 1 unspecified atom stereocenters. The van der Waals surface area contributed by atoms with Gasteiger partial charge in [0, 0.05) is 6.61 Å². The van der Waals surface area contributed by atoms with Gasteiger partial charge in [-0.2, -0.15) is 0 Å². The van der Waals surface area contributed by atoms with Gasteiger partial charge in [-0.25, -0.2) is 0 Å². The van der Waals surface area contributed by atoms with E-state index in [9.17, 15) is 4.79 Å². The van der Waals surface area contributed by atoms with Crippen molar-refractivity contribution >= 4 is 5.97 Å². The van der Waals surface area contributed by atoms with Crippen molar-refractivity contribution < 1.29 is 19.4 Å². The first-order valence-electron chi connectivity index (χ1n) is 12.4. The maximum atomic E-state index is 11.1. The second kappa shape index (κ2) is 19.1. The van der Waals surface area contributed by atoms with Gasteiger partial charge in [-0.05, 0) is 51.4 Å². The summed E-state index contributed by atoms with van der Waals surface area (Å²) in [6.07, 6.45) is 24.9. The van der Waals surface area contributed by atoms with Crippen LogP contribution in [0.25, 0.3) is 0 Å². The minimum absolute atomic E-state index is 0.0866. The molecule has 0 aromatic heterocycles. The number of allylic oxidation sites excluding steroid dienone is 2. The van der Waals surface area contributed by atoms with Crippen LogP contribution in [0.4, 0.5) is 0 Å². The van der Waals surface area contributed by atoms with Gasteiger partial charge in [0.1, 0.15) is 0 Å². The van der Waals surface area contributed by atoms with Crippen LogP contribution in [-0.2, 0) is 14.3 Å². The summed E-state index contributed by atoms with van der Waals surface area (Å²) in [6.45, 7) is 3.00. The molecule has 1 aliphatic rings. The van der Waals surface area contributed by atoms with Gasteiger partial charge < -0.3 is 14.6 Å². The van der Waals surface area contributed by atoms with Crippen LogP contribution in [-0.4, -0.2) is 30.1 Å². The average molecular weight is 411 g/mol. The Balaban J connectivity index is 1.95. The van der Waals surface area contributed by atoms with Gasteiger partial charge in [0.15, 0.2) is 6.29 Å². The third-order valence-corrected chi connectivity index (χ3v) is 5.67. The summed E-state index contributed by atoms with van der Waals surface area (Å²) in [5.74, 6) is -0.779. The number of carbonyl (C=O) groups is 1. The number of ether oxygens (including phenoxy) is 2. The van der Waals surface area contributed by atoms with Crippen LogP contribution < -0.4 is 0 Å².